The molecule has 0 radical (unpaired) electrons. The van der Waals surface area contributed by atoms with E-state index < -0.39 is 12.0 Å². The van der Waals surface area contributed by atoms with Gasteiger partial charge in [-0.05, 0) is 29.6 Å². The average molecular weight is 206 g/mol. The quantitative estimate of drug-likeness (QED) is 0.454. The molecule has 0 bridgehead atoms. The zero-order valence-electron chi connectivity index (χ0n) is 7.95. The number of aromatic nitrogens is 1. The second-order valence-corrected chi connectivity index (χ2v) is 2.93. The van der Waals surface area contributed by atoms with Crippen molar-refractivity contribution < 1.29 is 9.90 Å². The predicted octanol–water partition coefficient (Wildman–Crippen LogP) is 2.30. The third kappa shape index (κ3) is 3.66. The summed E-state index contributed by atoms with van der Waals surface area (Å²) in [4.78, 5) is 16.9. The summed E-state index contributed by atoms with van der Waals surface area (Å²) in [6, 6.07) is 2.98. The Morgan fingerprint density at radius 3 is 2.80 bits per heavy atom. The predicted molar refractivity (Wildman–Crippen MR) is 53.0 cm³/mol. The van der Waals surface area contributed by atoms with Crippen LogP contribution < -0.4 is 0 Å². The third-order valence-corrected chi connectivity index (χ3v) is 1.91. The first-order chi connectivity index (χ1) is 7.24. The maximum atomic E-state index is 10.4. The minimum atomic E-state index is -0.901. The van der Waals surface area contributed by atoms with Gasteiger partial charge in [0.05, 0.1) is 6.04 Å². The van der Waals surface area contributed by atoms with Gasteiger partial charge in [0.2, 0.25) is 0 Å². The summed E-state index contributed by atoms with van der Waals surface area (Å²) >= 11 is 0. The average Bonchev–Trinajstić information content (AvgIpc) is 2.25. The van der Waals surface area contributed by atoms with Gasteiger partial charge in [0.1, 0.15) is 0 Å². The van der Waals surface area contributed by atoms with E-state index in [1.54, 1.807) is 24.5 Å². The van der Waals surface area contributed by atoms with Crippen molar-refractivity contribution in [1.82, 2.24) is 4.98 Å². The monoisotopic (exact) mass is 206 g/mol. The Morgan fingerprint density at radius 2 is 2.27 bits per heavy atom. The first-order valence-electron chi connectivity index (χ1n) is 4.40. The van der Waals surface area contributed by atoms with Gasteiger partial charge >= 0.3 is 5.97 Å². The summed E-state index contributed by atoms with van der Waals surface area (Å²) in [5.41, 5.74) is 9.14. The summed E-state index contributed by atoms with van der Waals surface area (Å²) in [7, 11) is 0. The van der Waals surface area contributed by atoms with Gasteiger partial charge in [0.15, 0.2) is 0 Å². The minimum absolute atomic E-state index is 0.0218. The van der Waals surface area contributed by atoms with Crippen LogP contribution in [0, 0.1) is 0 Å². The van der Waals surface area contributed by atoms with Gasteiger partial charge in [-0.3, -0.25) is 9.78 Å². The summed E-state index contributed by atoms with van der Waals surface area (Å²) in [5.74, 6) is -0.901. The van der Waals surface area contributed by atoms with Gasteiger partial charge in [-0.2, -0.15) is 0 Å². The molecule has 15 heavy (non-hydrogen) atoms. The van der Waals surface area contributed by atoms with Crippen LogP contribution in [0.25, 0.3) is 10.4 Å². The summed E-state index contributed by atoms with van der Waals surface area (Å²) in [6.45, 7) is 0. The van der Waals surface area contributed by atoms with E-state index >= 15 is 0 Å². The molecular formula is C9H10N4O2. The van der Waals surface area contributed by atoms with E-state index in [0.717, 1.165) is 5.56 Å². The van der Waals surface area contributed by atoms with E-state index in [9.17, 15) is 4.79 Å². The molecule has 6 nitrogen and oxygen atoms in total. The number of hydrogen-bond donors (Lipinski definition) is 1. The van der Waals surface area contributed by atoms with E-state index in [4.69, 9.17) is 10.6 Å². The second kappa shape index (κ2) is 5.62. The zero-order valence-corrected chi connectivity index (χ0v) is 7.95. The van der Waals surface area contributed by atoms with Crippen molar-refractivity contribution in [2.45, 2.75) is 18.9 Å². The summed E-state index contributed by atoms with van der Waals surface area (Å²) in [5, 5.41) is 12.1. The Labute approximate surface area is 86.2 Å². The molecule has 6 heteroatoms. The third-order valence-electron chi connectivity index (χ3n) is 1.91. The highest BCUT2D eigenvalue weighted by Gasteiger charge is 2.10. The molecule has 1 aromatic heterocycles. The molecule has 0 aromatic carbocycles. The molecule has 1 heterocycles. The van der Waals surface area contributed by atoms with E-state index in [-0.39, 0.29) is 6.42 Å². The van der Waals surface area contributed by atoms with Crippen LogP contribution in [0.2, 0.25) is 0 Å². The minimum Gasteiger partial charge on any atom is -0.481 e. The van der Waals surface area contributed by atoms with Gasteiger partial charge in [-0.15, -0.1) is 0 Å². The Hall–Kier alpha value is -2.07. The lowest BCUT2D eigenvalue weighted by Gasteiger charge is -2.08. The number of hydrogen-bond acceptors (Lipinski definition) is 3. The van der Waals surface area contributed by atoms with Crippen LogP contribution >= 0.6 is 0 Å². The normalized spacial score (nSPS) is 11.5. The number of azide groups is 1. The molecule has 0 amide bonds. The zero-order chi connectivity index (χ0) is 11.1. The fourth-order valence-corrected chi connectivity index (χ4v) is 1.20. The lowest BCUT2D eigenvalue weighted by atomic mass is 10.0. The molecule has 0 saturated heterocycles. The van der Waals surface area contributed by atoms with Crippen molar-refractivity contribution in [3.8, 4) is 0 Å². The van der Waals surface area contributed by atoms with Crippen LogP contribution in [0.3, 0.4) is 0 Å². The van der Waals surface area contributed by atoms with Crippen LogP contribution in [0.5, 0.6) is 0 Å². The van der Waals surface area contributed by atoms with E-state index in [0.29, 0.717) is 6.42 Å². The smallest absolute Gasteiger partial charge is 0.303 e. The molecule has 0 aliphatic heterocycles. The number of pyridine rings is 1. The van der Waals surface area contributed by atoms with Crippen molar-refractivity contribution in [2.24, 2.45) is 5.11 Å². The van der Waals surface area contributed by atoms with Crippen molar-refractivity contribution in [2.75, 3.05) is 0 Å². The van der Waals surface area contributed by atoms with Gasteiger partial charge in [-0.25, -0.2) is 0 Å². The number of aliphatic carboxylic acids is 1. The number of carboxylic acid groups (broad SMARTS) is 1. The molecule has 0 fully saturated rings. The molecular weight excluding hydrogens is 196 g/mol. The fourth-order valence-electron chi connectivity index (χ4n) is 1.20. The van der Waals surface area contributed by atoms with E-state index in [1.807, 2.05) is 0 Å². The lowest BCUT2D eigenvalue weighted by Crippen LogP contribution is -2.00. The van der Waals surface area contributed by atoms with Crippen LogP contribution in [-0.4, -0.2) is 16.1 Å². The van der Waals surface area contributed by atoms with Crippen molar-refractivity contribution in [3.05, 3.63) is 40.5 Å². The van der Waals surface area contributed by atoms with E-state index in [2.05, 4.69) is 15.0 Å². The molecule has 78 valence electrons. The number of nitrogens with zero attached hydrogens (tertiary/aromatic N) is 4. The maximum Gasteiger partial charge on any atom is 0.303 e. The van der Waals surface area contributed by atoms with Crippen molar-refractivity contribution >= 4 is 5.97 Å². The van der Waals surface area contributed by atoms with Crippen molar-refractivity contribution in [3.63, 3.8) is 0 Å². The molecule has 0 spiro atoms. The first kappa shape index (κ1) is 11.0. The van der Waals surface area contributed by atoms with E-state index in [1.165, 1.54) is 0 Å². The highest BCUT2D eigenvalue weighted by Crippen LogP contribution is 2.22. The molecule has 0 saturated carbocycles. The number of carbonyl (C=O) groups is 1. The molecule has 1 rings (SSSR count). The summed E-state index contributed by atoms with van der Waals surface area (Å²) < 4.78 is 0. The Balaban J connectivity index is 2.74. The van der Waals surface area contributed by atoms with Gasteiger partial charge in [0, 0.05) is 23.7 Å². The second-order valence-electron chi connectivity index (χ2n) is 2.93. The Morgan fingerprint density at radius 1 is 1.60 bits per heavy atom. The largest absolute Gasteiger partial charge is 0.481 e. The van der Waals surface area contributed by atoms with Crippen molar-refractivity contribution in [1.29, 1.82) is 0 Å². The summed E-state index contributed by atoms with van der Waals surface area (Å²) in [6.07, 6.45) is 3.43. The topological polar surface area (TPSA) is 99.0 Å². The molecule has 1 aromatic rings. The van der Waals surface area contributed by atoms with Gasteiger partial charge in [-0.1, -0.05) is 5.11 Å². The fraction of sp³-hybridized carbons (Fsp3) is 0.333. The molecule has 0 aliphatic rings. The maximum absolute atomic E-state index is 10.4. The molecule has 0 aliphatic carbocycles. The van der Waals surface area contributed by atoms with Crippen LogP contribution in [-0.2, 0) is 4.79 Å². The lowest BCUT2D eigenvalue weighted by molar-refractivity contribution is -0.137. The Bertz CT molecular complexity index is 373. The highest BCUT2D eigenvalue weighted by atomic mass is 16.4. The standard InChI is InChI=1S/C9H10N4O2/c10-13-12-8(1-2-9(14)15)7-3-5-11-6-4-7/h3-6,8H,1-2H2,(H,14,15). The molecule has 1 unspecified atom stereocenters. The van der Waals surface area contributed by atoms with Crippen LogP contribution in [0.15, 0.2) is 29.6 Å². The van der Waals surface area contributed by atoms with Crippen LogP contribution in [0.1, 0.15) is 24.4 Å². The first-order valence-corrected chi connectivity index (χ1v) is 4.40. The SMILES string of the molecule is [N-]=[N+]=NC(CCC(=O)O)c1ccncc1. The van der Waals surface area contributed by atoms with Gasteiger partial charge < -0.3 is 5.11 Å². The Kier molecular flexibility index (Phi) is 4.12. The molecule has 1 atom stereocenters. The number of carboxylic acids is 1. The van der Waals surface area contributed by atoms with Crippen LogP contribution in [0.4, 0.5) is 0 Å². The number of rotatable bonds is 5. The van der Waals surface area contributed by atoms with Gasteiger partial charge in [0.25, 0.3) is 0 Å². The highest BCUT2D eigenvalue weighted by molar-refractivity contribution is 5.66. The molecule has 1 N–H and O–H groups in total.